The minimum Gasteiger partial charge on any atom is -0.471 e. The molecule has 6 heterocycles. The molecule has 2 aliphatic rings. The molecule has 0 aliphatic carbocycles. The molecule has 1 amide bonds. The number of aryl methyl sites for hydroxylation is 2. The number of ether oxygens (including phenoxy) is 2. The van der Waals surface area contributed by atoms with Crippen molar-refractivity contribution < 1.29 is 49.1 Å². The van der Waals surface area contributed by atoms with Crippen molar-refractivity contribution in [2.45, 2.75) is 106 Å². The summed E-state index contributed by atoms with van der Waals surface area (Å²) in [5.41, 5.74) is 1.46. The third kappa shape index (κ3) is 10.9. The number of anilines is 1. The molecular weight excluding hydrogens is 1010 g/mol. The number of carbonyl (C=O) groups excluding carboxylic acids is 2. The number of fused-ring (bicyclic) bond motifs is 2. The summed E-state index contributed by atoms with van der Waals surface area (Å²) >= 11 is 0.134. The summed E-state index contributed by atoms with van der Waals surface area (Å²) in [4.78, 5) is 40.6. The van der Waals surface area contributed by atoms with Crippen LogP contribution in [0.3, 0.4) is 0 Å². The van der Waals surface area contributed by atoms with Gasteiger partial charge in [-0.25, -0.2) is 41.2 Å². The number of amides is 1. The first-order valence-electron chi connectivity index (χ1n) is 23.0. The molecule has 7 aromatic rings. The molecule has 3 atom stereocenters. The molecule has 17 nitrogen and oxygen atoms in total. The zero-order valence-corrected chi connectivity index (χ0v) is 42.3. The highest BCUT2D eigenvalue weighted by Crippen LogP contribution is 2.43. The van der Waals surface area contributed by atoms with Crippen LogP contribution in [0.4, 0.5) is 18.3 Å². The highest BCUT2D eigenvalue weighted by Gasteiger charge is 2.43. The Hall–Kier alpha value is -6.92. The van der Waals surface area contributed by atoms with Crippen LogP contribution in [-0.2, 0) is 45.5 Å². The van der Waals surface area contributed by atoms with Crippen LogP contribution < -0.4 is 24.2 Å². The topological polar surface area (TPSA) is 226 Å². The lowest BCUT2D eigenvalue weighted by atomic mass is 9.83. The molecule has 0 radical (unpaired) electrons. The molecule has 0 bridgehead atoms. The second-order valence-corrected chi connectivity index (χ2v) is 22.9. The van der Waals surface area contributed by atoms with Gasteiger partial charge < -0.3 is 9.47 Å². The number of sulfonamides is 2. The predicted molar refractivity (Wildman–Crippen MR) is 263 cm³/mol. The van der Waals surface area contributed by atoms with E-state index >= 15 is 0 Å². The summed E-state index contributed by atoms with van der Waals surface area (Å²) in [6.45, 7) is 9.20. The van der Waals surface area contributed by atoms with Gasteiger partial charge in [-0.15, -0.1) is 10.2 Å². The Balaban J connectivity index is 1.01. The maximum Gasteiger partial charge on any atom is 0.445 e. The average Bonchev–Trinajstić information content (AvgIpc) is 4.04. The van der Waals surface area contributed by atoms with Gasteiger partial charge in [0.2, 0.25) is 41.9 Å². The Bertz CT molecular complexity index is 3480. The van der Waals surface area contributed by atoms with E-state index in [9.17, 15) is 39.6 Å². The highest BCUT2D eigenvalue weighted by atomic mass is 32.2. The lowest BCUT2D eigenvalue weighted by Crippen LogP contribution is -2.45. The largest absolute Gasteiger partial charge is 0.471 e. The Morgan fingerprint density at radius 3 is 2.04 bits per heavy atom. The minimum atomic E-state index is -4.78. The van der Waals surface area contributed by atoms with Gasteiger partial charge in [-0.1, -0.05) is 73.7 Å². The number of imidazole rings is 1. The summed E-state index contributed by atoms with van der Waals surface area (Å²) in [6, 6.07) is 21.2. The molecule has 1 unspecified atom stereocenters. The minimum absolute atomic E-state index is 0.0266. The second kappa shape index (κ2) is 19.5. The molecule has 0 spiro atoms. The summed E-state index contributed by atoms with van der Waals surface area (Å²) in [6.07, 6.45) is 2.17. The average molecular weight is 1060 g/mol. The van der Waals surface area contributed by atoms with Crippen molar-refractivity contribution in [1.29, 1.82) is 0 Å². The molecule has 4 aromatic heterocycles. The summed E-state index contributed by atoms with van der Waals surface area (Å²) < 4.78 is 117. The number of pyridine rings is 2. The van der Waals surface area contributed by atoms with Crippen LogP contribution in [0, 0.1) is 0 Å². The Labute approximate surface area is 422 Å². The third-order valence-electron chi connectivity index (χ3n) is 12.5. The van der Waals surface area contributed by atoms with Crippen molar-refractivity contribution in [3.63, 3.8) is 0 Å². The third-order valence-corrected chi connectivity index (χ3v) is 16.4. The molecule has 380 valence electrons. The van der Waals surface area contributed by atoms with E-state index in [0.717, 1.165) is 22.9 Å². The van der Waals surface area contributed by atoms with Gasteiger partial charge in [-0.3, -0.25) is 19.5 Å². The highest BCUT2D eigenvalue weighted by molar-refractivity contribution is 7.89. The number of halogens is 3. The van der Waals surface area contributed by atoms with E-state index in [2.05, 4.69) is 39.9 Å². The van der Waals surface area contributed by atoms with Crippen LogP contribution >= 0.6 is 11.3 Å². The molecule has 3 aromatic carbocycles. The Kier molecular flexibility index (Phi) is 13.6. The van der Waals surface area contributed by atoms with Crippen molar-refractivity contribution >= 4 is 48.3 Å². The molecule has 23 heteroatoms. The quantitative estimate of drug-likeness (QED) is 0.0928. The van der Waals surface area contributed by atoms with Crippen LogP contribution in [-0.4, -0.2) is 69.6 Å². The molecule has 0 fully saturated rings. The maximum absolute atomic E-state index is 14.6. The number of rotatable bonds is 14. The monoisotopic (exact) mass is 1060 g/mol. The van der Waals surface area contributed by atoms with Crippen LogP contribution in [0.5, 0.6) is 11.8 Å². The molecule has 0 saturated carbocycles. The first kappa shape index (κ1) is 51.0. The lowest BCUT2D eigenvalue weighted by molar-refractivity contribution is -0.138. The number of hydrogen-bond donors (Lipinski definition) is 3. The zero-order valence-electron chi connectivity index (χ0n) is 39.9. The number of hydrogen-bond acceptors (Lipinski definition) is 14. The lowest BCUT2D eigenvalue weighted by Gasteiger charge is -2.40. The van der Waals surface area contributed by atoms with Crippen LogP contribution in [0.2, 0.25) is 0 Å². The van der Waals surface area contributed by atoms with E-state index in [4.69, 9.17) is 9.47 Å². The first-order chi connectivity index (χ1) is 34.5. The number of carbonyl (C=O) groups is 2. The van der Waals surface area contributed by atoms with Crippen LogP contribution in [0.1, 0.15) is 113 Å². The molecule has 0 saturated heterocycles. The smallest absolute Gasteiger partial charge is 0.445 e. The van der Waals surface area contributed by atoms with Gasteiger partial charge in [0, 0.05) is 60.7 Å². The molecule has 9 rings (SSSR count). The molecule has 2 aliphatic heterocycles. The standard InChI is InChI=1S/C50H48F3N9O8S3/c1-6-29-13-16-35(17-14-29)72(65,66)61-40-26-49(5,70-44-37(40)22-33(27-55-44)42(63)57-47-59-58-46(71-47)50(51,52)53)24-32-21-36(18-15-30(32)7-2)73(67,68)60-39-25-48(3,4)69-43-38(39)23-34(28-56-43)45(64)62-20-19-54-41(62)31-11-9-8-10-12-31/h8-23,27-28,39-40,60-61H,6-7,24-26H2,1-5H3,(H,57,59,63)/t39-,40-,49?/m0/s1. The van der Waals surface area contributed by atoms with E-state index in [-0.39, 0.29) is 68.8 Å². The summed E-state index contributed by atoms with van der Waals surface area (Å²) in [7, 11) is -8.56. The van der Waals surface area contributed by atoms with Crippen molar-refractivity contribution in [3.05, 3.63) is 154 Å². The number of aromatic nitrogens is 6. The van der Waals surface area contributed by atoms with E-state index in [1.807, 2.05) is 58.0 Å². The van der Waals surface area contributed by atoms with E-state index in [1.54, 1.807) is 43.5 Å². The fourth-order valence-electron chi connectivity index (χ4n) is 8.95. The summed E-state index contributed by atoms with van der Waals surface area (Å²) in [5.74, 6) is -0.761. The van der Waals surface area contributed by atoms with Gasteiger partial charge in [0.05, 0.1) is 33.0 Å². The zero-order chi connectivity index (χ0) is 52.1. The van der Waals surface area contributed by atoms with Crippen molar-refractivity contribution in [3.8, 4) is 23.1 Å². The normalized spacial score (nSPS) is 18.5. The number of benzene rings is 3. The number of nitrogens with one attached hydrogen (secondary N) is 3. The number of alkyl halides is 3. The fraction of sp³-hybridized carbons (Fsp3) is 0.300. The van der Waals surface area contributed by atoms with E-state index in [1.165, 1.54) is 41.2 Å². The first-order valence-corrected chi connectivity index (χ1v) is 26.8. The van der Waals surface area contributed by atoms with E-state index in [0.29, 0.717) is 29.8 Å². The molecule has 73 heavy (non-hydrogen) atoms. The van der Waals surface area contributed by atoms with Crippen molar-refractivity contribution in [2.75, 3.05) is 5.32 Å². The van der Waals surface area contributed by atoms with Crippen LogP contribution in [0.15, 0.2) is 120 Å². The van der Waals surface area contributed by atoms with E-state index < -0.39 is 71.5 Å². The van der Waals surface area contributed by atoms with Gasteiger partial charge >= 0.3 is 6.18 Å². The Morgan fingerprint density at radius 1 is 0.753 bits per heavy atom. The predicted octanol–water partition coefficient (Wildman–Crippen LogP) is 8.66. The van der Waals surface area contributed by atoms with Crippen molar-refractivity contribution in [2.24, 2.45) is 0 Å². The van der Waals surface area contributed by atoms with Gasteiger partial charge in [-0.2, -0.15) is 13.2 Å². The van der Waals surface area contributed by atoms with Gasteiger partial charge in [0.1, 0.15) is 17.0 Å². The van der Waals surface area contributed by atoms with Crippen molar-refractivity contribution in [1.82, 2.24) is 39.2 Å². The van der Waals surface area contributed by atoms with Gasteiger partial charge in [-0.05, 0) is 86.7 Å². The molecular formula is C50H48F3N9O8S3. The second-order valence-electron chi connectivity index (χ2n) is 18.5. The van der Waals surface area contributed by atoms with Gasteiger partial charge in [0.25, 0.3) is 11.8 Å². The Morgan fingerprint density at radius 2 is 1.38 bits per heavy atom. The van der Waals surface area contributed by atoms with Gasteiger partial charge in [0.15, 0.2) is 0 Å². The fourth-order valence-corrected chi connectivity index (χ4v) is 12.0. The number of nitrogens with zero attached hydrogens (tertiary/aromatic N) is 6. The summed E-state index contributed by atoms with van der Waals surface area (Å²) in [5, 5.41) is 7.15. The SMILES string of the molecule is CCc1ccc(S(=O)(=O)N[C@H]2CC(C)(Cc3cc(S(=O)(=O)N[C@H]4CC(C)(C)Oc5ncc(C(=O)n6ccnc6-c6ccccc6)cc54)ccc3CC)Oc3ncc(C(=O)Nc4nnc(C(F)(F)F)s4)cc32)cc1. The molecule has 3 N–H and O–H groups in total. The maximum atomic E-state index is 14.6. The van der Waals surface area contributed by atoms with Crippen LogP contribution in [0.25, 0.3) is 11.4 Å².